The van der Waals surface area contributed by atoms with Crippen LogP contribution in [0.1, 0.15) is 99.3 Å². The molecule has 29 heavy (non-hydrogen) atoms. The zero-order chi connectivity index (χ0) is 22.1. The molecule has 7 nitrogen and oxygen atoms in total. The van der Waals surface area contributed by atoms with Crippen molar-refractivity contribution in [3.05, 3.63) is 0 Å². The predicted octanol–water partition coefficient (Wildman–Crippen LogP) is 5.80. The number of hydrogen-bond acceptors (Lipinski definition) is 6. The van der Waals surface area contributed by atoms with Crippen LogP contribution in [-0.2, 0) is 19.1 Å². The number of ether oxygens (including phenoxy) is 2. The van der Waals surface area contributed by atoms with Crippen LogP contribution in [0.15, 0.2) is 0 Å². The second-order valence-electron chi connectivity index (χ2n) is 9.75. The molecule has 1 saturated carbocycles. The summed E-state index contributed by atoms with van der Waals surface area (Å²) in [5.41, 5.74) is -1.44. The molecule has 1 unspecified atom stereocenters. The first-order valence-corrected chi connectivity index (χ1v) is 10.8. The molecule has 1 rings (SSSR count). The molecule has 1 aliphatic carbocycles. The van der Waals surface area contributed by atoms with E-state index in [9.17, 15) is 14.4 Å². The number of hydroxylamine groups is 2. The average molecular weight is 414 g/mol. The molecule has 1 fully saturated rings. The molecular weight excluding hydrogens is 374 g/mol. The van der Waals surface area contributed by atoms with Crippen molar-refractivity contribution in [1.29, 1.82) is 0 Å². The first-order chi connectivity index (χ1) is 13.4. The highest BCUT2D eigenvalue weighted by Crippen LogP contribution is 2.24. The van der Waals surface area contributed by atoms with Gasteiger partial charge in [-0.2, -0.15) is 0 Å². The normalized spacial score (nSPS) is 18.4. The van der Waals surface area contributed by atoms with Crippen LogP contribution in [0.3, 0.4) is 0 Å². The molecule has 1 atom stereocenters. The first kappa shape index (κ1) is 25.2. The van der Waals surface area contributed by atoms with Crippen LogP contribution < -0.4 is 0 Å². The topological polar surface area (TPSA) is 82.1 Å². The van der Waals surface area contributed by atoms with Crippen molar-refractivity contribution < 1.29 is 28.7 Å². The summed E-state index contributed by atoms with van der Waals surface area (Å²) < 4.78 is 10.5. The summed E-state index contributed by atoms with van der Waals surface area (Å²) in [6, 6.07) is 0. The number of nitrogens with zero attached hydrogens (tertiary/aromatic N) is 1. The molecule has 168 valence electrons. The monoisotopic (exact) mass is 413 g/mol. The maximum Gasteiger partial charge on any atom is 0.534 e. The van der Waals surface area contributed by atoms with Gasteiger partial charge in [-0.15, -0.1) is 5.06 Å². The molecule has 0 aliphatic heterocycles. The quantitative estimate of drug-likeness (QED) is 0.322. The van der Waals surface area contributed by atoms with Crippen molar-refractivity contribution >= 4 is 18.0 Å². The van der Waals surface area contributed by atoms with Crippen molar-refractivity contribution in [2.24, 2.45) is 5.92 Å². The molecule has 1 amide bonds. The van der Waals surface area contributed by atoms with E-state index in [-0.39, 0.29) is 12.5 Å². The molecule has 7 heteroatoms. The average Bonchev–Trinajstić information content (AvgIpc) is 2.52. The van der Waals surface area contributed by atoms with Gasteiger partial charge in [0.15, 0.2) is 0 Å². The van der Waals surface area contributed by atoms with E-state index >= 15 is 0 Å². The minimum absolute atomic E-state index is 0.108. The summed E-state index contributed by atoms with van der Waals surface area (Å²) in [5.74, 6) is 0.468. The predicted molar refractivity (Wildman–Crippen MR) is 110 cm³/mol. The zero-order valence-electron chi connectivity index (χ0n) is 19.0. The minimum Gasteiger partial charge on any atom is -0.442 e. The Morgan fingerprint density at radius 1 is 0.931 bits per heavy atom. The lowest BCUT2D eigenvalue weighted by Gasteiger charge is -2.27. The SMILES string of the molecule is CC(C)(C)OC(=O)ON(CCCCC1CCCCCCC1=O)C(=O)OC(C)(C)C. The highest BCUT2D eigenvalue weighted by molar-refractivity contribution is 5.81. The molecule has 0 aromatic rings. The number of carbonyl (C=O) groups is 3. The van der Waals surface area contributed by atoms with E-state index < -0.39 is 23.5 Å². The van der Waals surface area contributed by atoms with Crippen LogP contribution in [0.4, 0.5) is 9.59 Å². The van der Waals surface area contributed by atoms with Crippen LogP contribution in [0.25, 0.3) is 0 Å². The Bertz CT molecular complexity index is 546. The van der Waals surface area contributed by atoms with Crippen LogP contribution >= 0.6 is 0 Å². The summed E-state index contributed by atoms with van der Waals surface area (Å²) >= 11 is 0. The Kier molecular flexibility index (Phi) is 9.93. The van der Waals surface area contributed by atoms with Crippen molar-refractivity contribution in [3.8, 4) is 0 Å². The van der Waals surface area contributed by atoms with Gasteiger partial charge in [0.05, 0.1) is 6.54 Å². The number of Topliss-reactive ketones (excluding diaryl/α,β-unsaturated/α-hetero) is 1. The van der Waals surface area contributed by atoms with Crippen LogP contribution in [0.2, 0.25) is 0 Å². The van der Waals surface area contributed by atoms with E-state index in [0.717, 1.165) is 43.6 Å². The fourth-order valence-electron chi connectivity index (χ4n) is 3.21. The Balaban J connectivity index is 2.57. The summed E-state index contributed by atoms with van der Waals surface area (Å²) in [4.78, 5) is 41.8. The van der Waals surface area contributed by atoms with E-state index in [4.69, 9.17) is 14.3 Å². The highest BCUT2D eigenvalue weighted by atomic mass is 16.8. The largest absolute Gasteiger partial charge is 0.534 e. The summed E-state index contributed by atoms with van der Waals surface area (Å²) in [6.45, 7) is 10.6. The van der Waals surface area contributed by atoms with E-state index in [2.05, 4.69) is 0 Å². The van der Waals surface area contributed by atoms with Crippen molar-refractivity contribution in [3.63, 3.8) is 0 Å². The summed E-state index contributed by atoms with van der Waals surface area (Å²) in [5, 5.41) is 0.916. The van der Waals surface area contributed by atoms with Gasteiger partial charge in [0.2, 0.25) is 0 Å². The molecule has 0 bridgehead atoms. The van der Waals surface area contributed by atoms with Gasteiger partial charge in [-0.25, -0.2) is 9.59 Å². The summed E-state index contributed by atoms with van der Waals surface area (Å²) in [7, 11) is 0. The van der Waals surface area contributed by atoms with Crippen molar-refractivity contribution in [2.75, 3.05) is 6.54 Å². The minimum atomic E-state index is -0.946. The van der Waals surface area contributed by atoms with Crippen molar-refractivity contribution in [1.82, 2.24) is 5.06 Å². The lowest BCUT2D eigenvalue weighted by Crippen LogP contribution is -2.40. The lowest BCUT2D eigenvalue weighted by molar-refractivity contribution is -0.136. The molecule has 0 saturated heterocycles. The van der Waals surface area contributed by atoms with Gasteiger partial charge < -0.3 is 14.3 Å². The third-order valence-corrected chi connectivity index (χ3v) is 4.52. The number of amides is 1. The maximum atomic E-state index is 12.4. The van der Waals surface area contributed by atoms with Gasteiger partial charge >= 0.3 is 12.2 Å². The second-order valence-corrected chi connectivity index (χ2v) is 9.75. The van der Waals surface area contributed by atoms with E-state index in [0.29, 0.717) is 18.6 Å². The summed E-state index contributed by atoms with van der Waals surface area (Å²) in [6.07, 6.45) is 6.55. The molecule has 1 aliphatic rings. The molecule has 0 radical (unpaired) electrons. The number of carbonyl (C=O) groups excluding carboxylic acids is 3. The Labute approximate surface area is 175 Å². The van der Waals surface area contributed by atoms with E-state index in [1.165, 1.54) is 6.42 Å². The van der Waals surface area contributed by atoms with Crippen molar-refractivity contribution in [2.45, 2.75) is 111 Å². The first-order valence-electron chi connectivity index (χ1n) is 10.8. The fourth-order valence-corrected chi connectivity index (χ4v) is 3.21. The van der Waals surface area contributed by atoms with Gasteiger partial charge in [0, 0.05) is 12.3 Å². The molecule has 0 heterocycles. The maximum absolute atomic E-state index is 12.4. The number of hydrogen-bond donors (Lipinski definition) is 0. The number of unbranched alkanes of at least 4 members (excludes halogenated alkanes) is 1. The van der Waals surface area contributed by atoms with Gasteiger partial charge in [-0.05, 0) is 67.2 Å². The zero-order valence-corrected chi connectivity index (χ0v) is 19.0. The highest BCUT2D eigenvalue weighted by Gasteiger charge is 2.28. The Morgan fingerprint density at radius 3 is 2.17 bits per heavy atom. The fraction of sp³-hybridized carbons (Fsp3) is 0.864. The Hall–Kier alpha value is -1.79. The van der Waals surface area contributed by atoms with Crippen LogP contribution in [0, 0.1) is 5.92 Å². The molecule has 0 N–H and O–H groups in total. The Morgan fingerprint density at radius 2 is 1.55 bits per heavy atom. The van der Waals surface area contributed by atoms with Crippen LogP contribution in [0.5, 0.6) is 0 Å². The molecule has 0 aromatic carbocycles. The van der Waals surface area contributed by atoms with Crippen LogP contribution in [-0.4, -0.2) is 40.8 Å². The van der Waals surface area contributed by atoms with Gasteiger partial charge in [0.25, 0.3) is 0 Å². The van der Waals surface area contributed by atoms with Gasteiger partial charge in [0.1, 0.15) is 17.0 Å². The van der Waals surface area contributed by atoms with Gasteiger partial charge in [-0.1, -0.05) is 25.7 Å². The lowest BCUT2D eigenvalue weighted by atomic mass is 9.86. The number of ketones is 1. The molecule has 0 aromatic heterocycles. The third kappa shape index (κ3) is 11.7. The molecule has 0 spiro atoms. The number of rotatable bonds is 5. The van der Waals surface area contributed by atoms with E-state index in [1.54, 1.807) is 41.5 Å². The third-order valence-electron chi connectivity index (χ3n) is 4.52. The molecular formula is C22H39NO6. The second kappa shape index (κ2) is 11.4. The van der Waals surface area contributed by atoms with Gasteiger partial charge in [-0.3, -0.25) is 4.79 Å². The van der Waals surface area contributed by atoms with E-state index in [1.807, 2.05) is 0 Å². The smallest absolute Gasteiger partial charge is 0.442 e. The standard InChI is InChI=1S/C22H39NO6/c1-21(2,3)27-19(25)23(29-20(26)28-22(4,5)6)16-12-11-14-17-13-9-7-8-10-15-18(17)24/h17H,7-16H2,1-6H3.